The zero-order valence-corrected chi connectivity index (χ0v) is 9.14. The van der Waals surface area contributed by atoms with E-state index in [1.54, 1.807) is 0 Å². The van der Waals surface area contributed by atoms with Gasteiger partial charge in [-0.2, -0.15) is 0 Å². The number of hydrogen-bond acceptors (Lipinski definition) is 2. The van der Waals surface area contributed by atoms with Crippen molar-refractivity contribution in [3.8, 4) is 0 Å². The summed E-state index contributed by atoms with van der Waals surface area (Å²) in [5, 5.41) is 19.3. The Morgan fingerprint density at radius 2 is 2.07 bits per heavy atom. The van der Waals surface area contributed by atoms with Gasteiger partial charge >= 0.3 is 0 Å². The summed E-state index contributed by atoms with van der Waals surface area (Å²) in [6.07, 6.45) is 2.86. The normalized spacial score (nSPS) is 48.9. The predicted octanol–water partition coefficient (Wildman–Crippen LogP) is 2.35. The predicted molar refractivity (Wildman–Crippen MR) is 55.8 cm³/mol. The van der Waals surface area contributed by atoms with Gasteiger partial charge in [0.25, 0.3) is 0 Å². The summed E-state index contributed by atoms with van der Waals surface area (Å²) in [6.45, 7) is 6.15. The summed E-state index contributed by atoms with van der Waals surface area (Å²) in [4.78, 5) is 0. The second kappa shape index (κ2) is 3.27. The SMILES string of the molecule is C[C@@H]1[C@@H]2[C@H]([C@@H](C)O)C[C@@H]2C=C(O)[C@@H]1C. The van der Waals surface area contributed by atoms with Crippen molar-refractivity contribution in [2.24, 2.45) is 29.6 Å². The summed E-state index contributed by atoms with van der Waals surface area (Å²) in [7, 11) is 0. The summed E-state index contributed by atoms with van der Waals surface area (Å²) in [5.74, 6) is 2.86. The molecule has 0 unspecified atom stereocenters. The average molecular weight is 196 g/mol. The second-order valence-electron chi connectivity index (χ2n) is 5.12. The van der Waals surface area contributed by atoms with E-state index in [-0.39, 0.29) is 12.0 Å². The average Bonchev–Trinajstić information content (AvgIpc) is 2.06. The van der Waals surface area contributed by atoms with Gasteiger partial charge in [-0.05, 0) is 43.1 Å². The van der Waals surface area contributed by atoms with E-state index >= 15 is 0 Å². The Morgan fingerprint density at radius 1 is 1.43 bits per heavy atom. The van der Waals surface area contributed by atoms with Gasteiger partial charge in [0.2, 0.25) is 0 Å². The van der Waals surface area contributed by atoms with Crippen LogP contribution in [0.3, 0.4) is 0 Å². The Kier molecular flexibility index (Phi) is 2.34. The van der Waals surface area contributed by atoms with E-state index in [2.05, 4.69) is 13.8 Å². The summed E-state index contributed by atoms with van der Waals surface area (Å²) < 4.78 is 0. The molecule has 0 aromatic heterocycles. The molecule has 1 fully saturated rings. The second-order valence-corrected chi connectivity index (χ2v) is 5.12. The van der Waals surface area contributed by atoms with Gasteiger partial charge in [-0.15, -0.1) is 0 Å². The molecule has 0 aromatic carbocycles. The number of hydrogen-bond donors (Lipinski definition) is 2. The minimum atomic E-state index is -0.195. The number of fused-ring (bicyclic) bond motifs is 1. The van der Waals surface area contributed by atoms with Crippen LogP contribution in [-0.2, 0) is 0 Å². The van der Waals surface area contributed by atoms with E-state index in [0.717, 1.165) is 6.42 Å². The first-order valence-electron chi connectivity index (χ1n) is 5.61. The fraction of sp³-hybridized carbons (Fsp3) is 0.833. The van der Waals surface area contributed by atoms with Crippen LogP contribution in [0, 0.1) is 29.6 Å². The van der Waals surface area contributed by atoms with Crippen LogP contribution < -0.4 is 0 Å². The Morgan fingerprint density at radius 3 is 2.64 bits per heavy atom. The van der Waals surface area contributed by atoms with Gasteiger partial charge in [-0.1, -0.05) is 13.8 Å². The standard InChI is InChI=1S/C12H20O2/c1-6-7(2)12-9(5-11(6)14)4-10(12)8(3)13/h5-10,12-14H,4H2,1-3H3/t6-,7+,8-,9-,10+,12+/m1/s1. The Balaban J connectivity index is 2.16. The van der Waals surface area contributed by atoms with Crippen LogP contribution in [-0.4, -0.2) is 16.3 Å². The lowest BCUT2D eigenvalue weighted by Crippen LogP contribution is -2.49. The fourth-order valence-electron chi connectivity index (χ4n) is 3.20. The molecule has 0 aliphatic heterocycles. The highest BCUT2D eigenvalue weighted by atomic mass is 16.3. The lowest BCUT2D eigenvalue weighted by atomic mass is 9.53. The largest absolute Gasteiger partial charge is 0.512 e. The van der Waals surface area contributed by atoms with Crippen molar-refractivity contribution in [3.63, 3.8) is 0 Å². The molecule has 2 aliphatic carbocycles. The van der Waals surface area contributed by atoms with Crippen LogP contribution in [0.15, 0.2) is 11.8 Å². The molecule has 0 amide bonds. The van der Waals surface area contributed by atoms with Crippen molar-refractivity contribution in [3.05, 3.63) is 11.8 Å². The number of aliphatic hydroxyl groups excluding tert-OH is 2. The van der Waals surface area contributed by atoms with Gasteiger partial charge in [0.05, 0.1) is 11.9 Å². The maximum Gasteiger partial charge on any atom is 0.0916 e. The molecule has 14 heavy (non-hydrogen) atoms. The van der Waals surface area contributed by atoms with Crippen molar-refractivity contribution in [1.82, 2.24) is 0 Å². The summed E-state index contributed by atoms with van der Waals surface area (Å²) in [5.41, 5.74) is 0. The molecule has 0 spiro atoms. The number of rotatable bonds is 1. The topological polar surface area (TPSA) is 40.5 Å². The monoisotopic (exact) mass is 196 g/mol. The van der Waals surface area contributed by atoms with Crippen LogP contribution in [0.1, 0.15) is 27.2 Å². The molecular weight excluding hydrogens is 176 g/mol. The third-order valence-electron chi connectivity index (χ3n) is 4.40. The maximum atomic E-state index is 9.69. The van der Waals surface area contributed by atoms with E-state index in [4.69, 9.17) is 0 Å². The zero-order chi connectivity index (χ0) is 10.5. The first-order chi connectivity index (χ1) is 6.52. The van der Waals surface area contributed by atoms with Crippen LogP contribution in [0.25, 0.3) is 0 Å². The lowest BCUT2D eigenvalue weighted by molar-refractivity contribution is -0.0559. The first kappa shape index (κ1) is 10.0. The number of allylic oxidation sites excluding steroid dienone is 2. The van der Waals surface area contributed by atoms with Crippen molar-refractivity contribution < 1.29 is 10.2 Å². The Labute approximate surface area is 85.6 Å². The molecule has 2 N–H and O–H groups in total. The lowest BCUT2D eigenvalue weighted by Gasteiger charge is -2.52. The van der Waals surface area contributed by atoms with Crippen molar-refractivity contribution in [2.45, 2.75) is 33.3 Å². The summed E-state index contributed by atoms with van der Waals surface area (Å²) >= 11 is 0. The Hall–Kier alpha value is -0.500. The van der Waals surface area contributed by atoms with Gasteiger partial charge in [-0.3, -0.25) is 0 Å². The van der Waals surface area contributed by atoms with Crippen LogP contribution in [0.5, 0.6) is 0 Å². The molecular formula is C12H20O2. The molecule has 1 saturated carbocycles. The van der Waals surface area contributed by atoms with Crippen molar-refractivity contribution >= 4 is 0 Å². The molecule has 2 aliphatic rings. The summed E-state index contributed by atoms with van der Waals surface area (Å²) in [6, 6.07) is 0. The minimum absolute atomic E-state index is 0.195. The minimum Gasteiger partial charge on any atom is -0.512 e. The highest BCUT2D eigenvalue weighted by Gasteiger charge is 2.49. The fourth-order valence-corrected chi connectivity index (χ4v) is 3.20. The van der Waals surface area contributed by atoms with Crippen LogP contribution in [0.4, 0.5) is 0 Å². The van der Waals surface area contributed by atoms with Gasteiger partial charge in [-0.25, -0.2) is 0 Å². The highest BCUT2D eigenvalue weighted by Crippen LogP contribution is 2.53. The van der Waals surface area contributed by atoms with E-state index in [9.17, 15) is 10.2 Å². The van der Waals surface area contributed by atoms with E-state index in [1.165, 1.54) is 0 Å². The van der Waals surface area contributed by atoms with E-state index in [0.29, 0.717) is 29.4 Å². The Bertz CT molecular complexity index is 257. The molecule has 0 saturated heterocycles. The van der Waals surface area contributed by atoms with Gasteiger partial charge in [0, 0.05) is 5.92 Å². The molecule has 0 radical (unpaired) electrons. The molecule has 2 rings (SSSR count). The van der Waals surface area contributed by atoms with Crippen LogP contribution >= 0.6 is 0 Å². The quantitative estimate of drug-likeness (QED) is 0.676. The third kappa shape index (κ3) is 1.28. The highest BCUT2D eigenvalue weighted by molar-refractivity contribution is 5.14. The van der Waals surface area contributed by atoms with Gasteiger partial charge < -0.3 is 10.2 Å². The molecule has 80 valence electrons. The van der Waals surface area contributed by atoms with E-state index < -0.39 is 0 Å². The maximum absolute atomic E-state index is 9.69. The molecule has 6 atom stereocenters. The van der Waals surface area contributed by atoms with Crippen LogP contribution in [0.2, 0.25) is 0 Å². The van der Waals surface area contributed by atoms with Gasteiger partial charge in [0.1, 0.15) is 0 Å². The molecule has 2 heteroatoms. The zero-order valence-electron chi connectivity index (χ0n) is 9.14. The van der Waals surface area contributed by atoms with Crippen molar-refractivity contribution in [1.29, 1.82) is 0 Å². The third-order valence-corrected chi connectivity index (χ3v) is 4.40. The molecule has 2 nitrogen and oxygen atoms in total. The molecule has 0 heterocycles. The van der Waals surface area contributed by atoms with Crippen molar-refractivity contribution in [2.75, 3.05) is 0 Å². The number of aliphatic hydroxyl groups is 2. The molecule has 0 bridgehead atoms. The molecule has 0 aromatic rings. The van der Waals surface area contributed by atoms with Gasteiger partial charge in [0.15, 0.2) is 0 Å². The smallest absolute Gasteiger partial charge is 0.0916 e. The van der Waals surface area contributed by atoms with E-state index in [1.807, 2.05) is 13.0 Å². The first-order valence-corrected chi connectivity index (χ1v) is 5.61.